The molecule has 0 spiro atoms. The first kappa shape index (κ1) is 10.5. The van der Waals surface area contributed by atoms with Crippen LogP contribution in [0, 0.1) is 18.7 Å². The van der Waals surface area contributed by atoms with Crippen LogP contribution in [0.15, 0.2) is 18.2 Å². The highest BCUT2D eigenvalue weighted by molar-refractivity contribution is 5.46. The highest BCUT2D eigenvalue weighted by Crippen LogP contribution is 2.34. The molecule has 2 heteroatoms. The van der Waals surface area contributed by atoms with Crippen LogP contribution in [0.4, 0.5) is 10.1 Å². The Balaban J connectivity index is 1.96. The van der Waals surface area contributed by atoms with Gasteiger partial charge in [-0.25, -0.2) is 4.39 Å². The topological polar surface area (TPSA) is 12.0 Å². The van der Waals surface area contributed by atoms with E-state index in [1.165, 1.54) is 19.3 Å². The van der Waals surface area contributed by atoms with Crippen LogP contribution in [-0.4, -0.2) is 6.04 Å². The summed E-state index contributed by atoms with van der Waals surface area (Å²) in [5.41, 5.74) is 1.87. The lowest BCUT2D eigenvalue weighted by Gasteiger charge is -2.15. The molecule has 1 N–H and O–H groups in total. The van der Waals surface area contributed by atoms with Gasteiger partial charge in [-0.2, -0.15) is 0 Å². The largest absolute Gasteiger partial charge is 0.382 e. The molecule has 0 saturated heterocycles. The van der Waals surface area contributed by atoms with Crippen molar-refractivity contribution in [2.75, 3.05) is 5.32 Å². The van der Waals surface area contributed by atoms with E-state index in [9.17, 15) is 4.39 Å². The van der Waals surface area contributed by atoms with Crippen LogP contribution in [0.25, 0.3) is 0 Å². The normalized spacial score (nSPS) is 17.5. The molecule has 1 aliphatic rings. The van der Waals surface area contributed by atoms with Crippen LogP contribution in [0.1, 0.15) is 31.7 Å². The van der Waals surface area contributed by atoms with E-state index >= 15 is 0 Å². The minimum atomic E-state index is -0.156. The summed E-state index contributed by atoms with van der Waals surface area (Å²) in [5.74, 6) is 0.748. The van der Waals surface area contributed by atoms with Gasteiger partial charge in [0.15, 0.2) is 0 Å². The maximum Gasteiger partial charge on any atom is 0.125 e. The number of aryl methyl sites for hydroxylation is 1. The van der Waals surface area contributed by atoms with Gasteiger partial charge in [-0.3, -0.25) is 0 Å². The highest BCUT2D eigenvalue weighted by Gasteiger charge is 2.23. The van der Waals surface area contributed by atoms with Crippen LogP contribution in [0.2, 0.25) is 0 Å². The maximum atomic E-state index is 13.1. The fourth-order valence-electron chi connectivity index (χ4n) is 2.02. The lowest BCUT2D eigenvalue weighted by Crippen LogP contribution is -2.15. The Bertz CT molecular complexity index is 324. The third kappa shape index (κ3) is 3.22. The van der Waals surface area contributed by atoms with E-state index in [4.69, 9.17) is 0 Å². The zero-order valence-electron chi connectivity index (χ0n) is 9.39. The lowest BCUT2D eigenvalue weighted by atomic mass is 10.1. The third-order valence-corrected chi connectivity index (χ3v) is 2.84. The lowest BCUT2D eigenvalue weighted by molar-refractivity contribution is 0.622. The van der Waals surface area contributed by atoms with Gasteiger partial charge in [0.25, 0.3) is 0 Å². The van der Waals surface area contributed by atoms with Gasteiger partial charge in [0, 0.05) is 11.7 Å². The first-order valence-corrected chi connectivity index (χ1v) is 5.67. The second-order valence-corrected chi connectivity index (χ2v) is 4.74. The molecule has 15 heavy (non-hydrogen) atoms. The van der Waals surface area contributed by atoms with Gasteiger partial charge in [0.1, 0.15) is 5.82 Å². The summed E-state index contributed by atoms with van der Waals surface area (Å²) in [4.78, 5) is 0. The highest BCUT2D eigenvalue weighted by atomic mass is 19.1. The van der Waals surface area contributed by atoms with E-state index in [1.807, 2.05) is 13.0 Å². The Hall–Kier alpha value is -1.05. The number of rotatable bonds is 4. The predicted molar refractivity (Wildman–Crippen MR) is 61.6 cm³/mol. The second-order valence-electron chi connectivity index (χ2n) is 4.74. The van der Waals surface area contributed by atoms with Gasteiger partial charge >= 0.3 is 0 Å². The second kappa shape index (κ2) is 4.21. The molecule has 1 nitrogen and oxygen atoms in total. The number of hydrogen-bond acceptors (Lipinski definition) is 1. The van der Waals surface area contributed by atoms with Crippen molar-refractivity contribution in [1.82, 2.24) is 0 Å². The van der Waals surface area contributed by atoms with Crippen molar-refractivity contribution in [3.05, 3.63) is 29.6 Å². The molecule has 1 aliphatic carbocycles. The standard InChI is InChI=1S/C13H18FN/c1-9-5-12(14)8-13(6-9)15-10(2)7-11-3-4-11/h5-6,8,10-11,15H,3-4,7H2,1-2H3. The molecule has 0 aromatic heterocycles. The molecule has 0 radical (unpaired) electrons. The SMILES string of the molecule is Cc1cc(F)cc(NC(C)CC2CC2)c1. The van der Waals surface area contributed by atoms with Crippen LogP contribution in [-0.2, 0) is 0 Å². The van der Waals surface area contributed by atoms with Gasteiger partial charge in [-0.05, 0) is 49.9 Å². The fraction of sp³-hybridized carbons (Fsp3) is 0.538. The van der Waals surface area contributed by atoms with Gasteiger partial charge < -0.3 is 5.32 Å². The number of anilines is 1. The van der Waals surface area contributed by atoms with Crippen molar-refractivity contribution < 1.29 is 4.39 Å². The van der Waals surface area contributed by atoms with Gasteiger partial charge in [0.2, 0.25) is 0 Å². The van der Waals surface area contributed by atoms with Crippen LogP contribution in [0.5, 0.6) is 0 Å². The molecular formula is C13H18FN. The predicted octanol–water partition coefficient (Wildman–Crippen LogP) is 3.73. The number of benzene rings is 1. The van der Waals surface area contributed by atoms with Crippen molar-refractivity contribution in [2.45, 2.75) is 39.2 Å². The number of halogens is 1. The quantitative estimate of drug-likeness (QED) is 0.793. The molecule has 2 rings (SSSR count). The Morgan fingerprint density at radius 1 is 1.40 bits per heavy atom. The smallest absolute Gasteiger partial charge is 0.125 e. The van der Waals surface area contributed by atoms with Crippen LogP contribution in [0.3, 0.4) is 0 Å². The minimum Gasteiger partial charge on any atom is -0.382 e. The summed E-state index contributed by atoms with van der Waals surface area (Å²) >= 11 is 0. The Labute approximate surface area is 90.7 Å². The molecule has 1 atom stereocenters. The summed E-state index contributed by atoms with van der Waals surface area (Å²) in [6, 6.07) is 5.55. The molecule has 0 aliphatic heterocycles. The Morgan fingerprint density at radius 3 is 2.73 bits per heavy atom. The van der Waals surface area contributed by atoms with E-state index in [1.54, 1.807) is 12.1 Å². The average Bonchev–Trinajstić information content (AvgIpc) is 2.85. The summed E-state index contributed by atoms with van der Waals surface area (Å²) in [7, 11) is 0. The molecule has 0 heterocycles. The zero-order chi connectivity index (χ0) is 10.8. The molecule has 1 fully saturated rings. The monoisotopic (exact) mass is 207 g/mol. The fourth-order valence-corrected chi connectivity index (χ4v) is 2.02. The summed E-state index contributed by atoms with van der Waals surface area (Å²) in [5, 5.41) is 3.35. The summed E-state index contributed by atoms with van der Waals surface area (Å²) in [6.45, 7) is 4.08. The average molecular weight is 207 g/mol. The van der Waals surface area contributed by atoms with Crippen molar-refractivity contribution in [3.8, 4) is 0 Å². The van der Waals surface area contributed by atoms with Gasteiger partial charge in [-0.1, -0.05) is 12.8 Å². The first-order valence-electron chi connectivity index (χ1n) is 5.67. The van der Waals surface area contributed by atoms with Crippen molar-refractivity contribution in [1.29, 1.82) is 0 Å². The van der Waals surface area contributed by atoms with E-state index < -0.39 is 0 Å². The van der Waals surface area contributed by atoms with E-state index in [0.717, 1.165) is 17.2 Å². The van der Waals surface area contributed by atoms with Crippen LogP contribution >= 0.6 is 0 Å². The van der Waals surface area contributed by atoms with E-state index in [-0.39, 0.29) is 5.82 Å². The van der Waals surface area contributed by atoms with Gasteiger partial charge in [-0.15, -0.1) is 0 Å². The Morgan fingerprint density at radius 2 is 2.13 bits per heavy atom. The number of hydrogen-bond donors (Lipinski definition) is 1. The van der Waals surface area contributed by atoms with E-state index in [0.29, 0.717) is 6.04 Å². The molecule has 1 saturated carbocycles. The van der Waals surface area contributed by atoms with E-state index in [2.05, 4.69) is 12.2 Å². The van der Waals surface area contributed by atoms with Gasteiger partial charge in [0.05, 0.1) is 0 Å². The molecule has 1 aromatic rings. The first-order chi connectivity index (χ1) is 7.13. The van der Waals surface area contributed by atoms with Crippen LogP contribution < -0.4 is 5.32 Å². The zero-order valence-corrected chi connectivity index (χ0v) is 9.39. The van der Waals surface area contributed by atoms with Crippen molar-refractivity contribution >= 4 is 5.69 Å². The summed E-state index contributed by atoms with van der Waals surface area (Å²) in [6.07, 6.45) is 3.94. The molecule has 82 valence electrons. The van der Waals surface area contributed by atoms with Crippen molar-refractivity contribution in [3.63, 3.8) is 0 Å². The molecule has 1 aromatic carbocycles. The molecule has 1 unspecified atom stereocenters. The summed E-state index contributed by atoms with van der Waals surface area (Å²) < 4.78 is 13.1. The number of nitrogens with one attached hydrogen (secondary N) is 1. The Kier molecular flexibility index (Phi) is 2.94. The molecule has 0 amide bonds. The molecular weight excluding hydrogens is 189 g/mol. The van der Waals surface area contributed by atoms with Crippen molar-refractivity contribution in [2.24, 2.45) is 5.92 Å². The minimum absolute atomic E-state index is 0.156. The molecule has 0 bridgehead atoms. The maximum absolute atomic E-state index is 13.1. The third-order valence-electron chi connectivity index (χ3n) is 2.84.